The molecule has 0 unspecified atom stereocenters. The molecule has 0 aromatic rings. The van der Waals surface area contributed by atoms with E-state index in [1.807, 2.05) is 4.90 Å². The van der Waals surface area contributed by atoms with Gasteiger partial charge in [-0.3, -0.25) is 4.79 Å². The van der Waals surface area contributed by atoms with Gasteiger partial charge in [0.05, 0.1) is 6.54 Å². The van der Waals surface area contributed by atoms with Crippen LogP contribution in [0.2, 0.25) is 0 Å². The fourth-order valence-electron chi connectivity index (χ4n) is 2.34. The minimum Gasteiger partial charge on any atom is -0.342 e. The minimum atomic E-state index is 0.0984. The maximum atomic E-state index is 11.4. The predicted octanol–water partition coefficient (Wildman–Crippen LogP) is 0.526. The molecule has 0 spiro atoms. The lowest BCUT2D eigenvalue weighted by Crippen LogP contribution is -2.43. The van der Waals surface area contributed by atoms with E-state index in [1.54, 1.807) is 0 Å². The van der Waals surface area contributed by atoms with Crippen LogP contribution in [0.25, 0.3) is 0 Å². The van der Waals surface area contributed by atoms with E-state index in [4.69, 9.17) is 5.73 Å². The molecule has 1 fully saturated rings. The van der Waals surface area contributed by atoms with Gasteiger partial charge in [0.25, 0.3) is 0 Å². The van der Waals surface area contributed by atoms with Gasteiger partial charge in [0, 0.05) is 19.6 Å². The molecule has 0 radical (unpaired) electrons. The molecule has 0 saturated carbocycles. The number of carbonyl (C=O) groups is 1. The normalized spacial score (nSPS) is 18.1. The van der Waals surface area contributed by atoms with Crippen LogP contribution >= 0.6 is 0 Å². The average molecular weight is 227 g/mol. The zero-order valence-corrected chi connectivity index (χ0v) is 10.6. The second kappa shape index (κ2) is 6.86. The molecule has 0 aliphatic carbocycles. The number of amides is 1. The van der Waals surface area contributed by atoms with E-state index < -0.39 is 0 Å². The van der Waals surface area contributed by atoms with Crippen molar-refractivity contribution in [2.75, 3.05) is 39.3 Å². The van der Waals surface area contributed by atoms with E-state index in [0.717, 1.165) is 44.9 Å². The first kappa shape index (κ1) is 13.5. The summed E-state index contributed by atoms with van der Waals surface area (Å²) in [5.41, 5.74) is 5.36. The van der Waals surface area contributed by atoms with Crippen molar-refractivity contribution >= 4 is 5.91 Å². The second-order valence-electron chi connectivity index (χ2n) is 4.51. The summed E-state index contributed by atoms with van der Waals surface area (Å²) in [6.45, 7) is 9.77. The average Bonchev–Trinajstić information content (AvgIpc) is 2.35. The highest BCUT2D eigenvalue weighted by Crippen LogP contribution is 2.18. The lowest BCUT2D eigenvalue weighted by Gasteiger charge is -2.34. The molecule has 0 atom stereocenters. The largest absolute Gasteiger partial charge is 0.342 e. The van der Waals surface area contributed by atoms with Gasteiger partial charge in [0.15, 0.2) is 0 Å². The molecule has 0 aromatic carbocycles. The highest BCUT2D eigenvalue weighted by Gasteiger charge is 2.22. The first-order valence-electron chi connectivity index (χ1n) is 6.41. The van der Waals surface area contributed by atoms with Gasteiger partial charge >= 0.3 is 0 Å². The molecule has 1 aliphatic heterocycles. The number of hydrogen-bond donors (Lipinski definition) is 1. The number of likely N-dealkylation sites (tertiary alicyclic amines) is 1. The van der Waals surface area contributed by atoms with Gasteiger partial charge in [0.1, 0.15) is 0 Å². The Morgan fingerprint density at radius 1 is 1.31 bits per heavy atom. The Morgan fingerprint density at radius 2 is 1.88 bits per heavy atom. The fourth-order valence-corrected chi connectivity index (χ4v) is 2.34. The third kappa shape index (κ3) is 3.76. The monoisotopic (exact) mass is 227 g/mol. The molecule has 1 amide bonds. The summed E-state index contributed by atoms with van der Waals surface area (Å²) < 4.78 is 0. The number of rotatable bonds is 5. The van der Waals surface area contributed by atoms with Gasteiger partial charge in [-0.2, -0.15) is 0 Å². The molecule has 0 bridgehead atoms. The van der Waals surface area contributed by atoms with E-state index in [1.165, 1.54) is 6.54 Å². The van der Waals surface area contributed by atoms with Crippen LogP contribution in [0, 0.1) is 5.92 Å². The molecule has 1 aliphatic rings. The molecule has 16 heavy (non-hydrogen) atoms. The predicted molar refractivity (Wildman–Crippen MR) is 66.1 cm³/mol. The fraction of sp³-hybridized carbons (Fsp3) is 0.917. The number of nitrogens with zero attached hydrogens (tertiary/aromatic N) is 2. The number of carbonyl (C=O) groups excluding carboxylic acids is 1. The smallest absolute Gasteiger partial charge is 0.236 e. The molecule has 2 N–H and O–H groups in total. The summed E-state index contributed by atoms with van der Waals surface area (Å²) in [5, 5.41) is 0. The van der Waals surface area contributed by atoms with Crippen LogP contribution in [0.1, 0.15) is 26.7 Å². The van der Waals surface area contributed by atoms with E-state index in [9.17, 15) is 4.79 Å². The van der Waals surface area contributed by atoms with Crippen molar-refractivity contribution in [2.24, 2.45) is 11.7 Å². The molecular weight excluding hydrogens is 202 g/mol. The van der Waals surface area contributed by atoms with Crippen molar-refractivity contribution in [2.45, 2.75) is 26.7 Å². The van der Waals surface area contributed by atoms with Gasteiger partial charge in [-0.15, -0.1) is 0 Å². The van der Waals surface area contributed by atoms with E-state index in [-0.39, 0.29) is 12.5 Å². The van der Waals surface area contributed by atoms with Crippen LogP contribution < -0.4 is 5.73 Å². The third-order valence-corrected chi connectivity index (χ3v) is 3.55. The van der Waals surface area contributed by atoms with E-state index in [0.29, 0.717) is 0 Å². The van der Waals surface area contributed by atoms with Crippen LogP contribution in [0.3, 0.4) is 0 Å². The summed E-state index contributed by atoms with van der Waals surface area (Å²) in [5.74, 6) is 0.850. The molecule has 0 aromatic heterocycles. The summed E-state index contributed by atoms with van der Waals surface area (Å²) in [4.78, 5) is 15.8. The van der Waals surface area contributed by atoms with Crippen molar-refractivity contribution in [3.63, 3.8) is 0 Å². The van der Waals surface area contributed by atoms with E-state index >= 15 is 0 Å². The van der Waals surface area contributed by atoms with Crippen molar-refractivity contribution in [1.82, 2.24) is 9.80 Å². The summed E-state index contributed by atoms with van der Waals surface area (Å²) in [6.07, 6.45) is 2.25. The Kier molecular flexibility index (Phi) is 5.77. The van der Waals surface area contributed by atoms with Crippen LogP contribution in [-0.4, -0.2) is 55.0 Å². The van der Waals surface area contributed by atoms with Gasteiger partial charge in [-0.1, -0.05) is 13.8 Å². The van der Waals surface area contributed by atoms with Crippen molar-refractivity contribution in [3.05, 3.63) is 0 Å². The van der Waals surface area contributed by atoms with Crippen LogP contribution in [0.4, 0.5) is 0 Å². The second-order valence-corrected chi connectivity index (χ2v) is 4.51. The molecule has 4 heteroatoms. The SMILES string of the molecule is CCN(CC)CC1CCN(C(=O)CN)CC1. The van der Waals surface area contributed by atoms with Gasteiger partial charge in [-0.25, -0.2) is 0 Å². The number of hydrogen-bond acceptors (Lipinski definition) is 3. The van der Waals surface area contributed by atoms with Crippen molar-refractivity contribution in [1.29, 1.82) is 0 Å². The number of piperidine rings is 1. The molecular formula is C12H25N3O. The highest BCUT2D eigenvalue weighted by atomic mass is 16.2. The van der Waals surface area contributed by atoms with Gasteiger partial charge in [-0.05, 0) is 31.8 Å². The Hall–Kier alpha value is -0.610. The van der Waals surface area contributed by atoms with Gasteiger partial charge in [0.2, 0.25) is 5.91 Å². The molecule has 1 saturated heterocycles. The van der Waals surface area contributed by atoms with Crippen molar-refractivity contribution in [3.8, 4) is 0 Å². The van der Waals surface area contributed by atoms with Crippen LogP contribution in [-0.2, 0) is 4.79 Å². The topological polar surface area (TPSA) is 49.6 Å². The molecule has 1 rings (SSSR count). The highest BCUT2D eigenvalue weighted by molar-refractivity contribution is 5.78. The maximum absolute atomic E-state index is 11.4. The summed E-state index contributed by atoms with van der Waals surface area (Å²) in [6, 6.07) is 0. The van der Waals surface area contributed by atoms with Gasteiger partial charge < -0.3 is 15.5 Å². The third-order valence-electron chi connectivity index (χ3n) is 3.55. The summed E-state index contributed by atoms with van der Waals surface area (Å²) in [7, 11) is 0. The molecule has 94 valence electrons. The Bertz CT molecular complexity index is 208. The van der Waals surface area contributed by atoms with Crippen LogP contribution in [0.5, 0.6) is 0 Å². The Morgan fingerprint density at radius 3 is 2.31 bits per heavy atom. The standard InChI is InChI=1S/C12H25N3O/c1-3-14(4-2)10-11-5-7-15(8-6-11)12(16)9-13/h11H,3-10,13H2,1-2H3. The lowest BCUT2D eigenvalue weighted by molar-refractivity contribution is -0.131. The molecule has 1 heterocycles. The Balaban J connectivity index is 2.29. The van der Waals surface area contributed by atoms with Crippen molar-refractivity contribution < 1.29 is 4.79 Å². The zero-order chi connectivity index (χ0) is 12.0. The molecule has 4 nitrogen and oxygen atoms in total. The number of nitrogens with two attached hydrogens (primary N) is 1. The minimum absolute atomic E-state index is 0.0984. The first-order valence-corrected chi connectivity index (χ1v) is 6.41. The summed E-state index contributed by atoms with van der Waals surface area (Å²) >= 11 is 0. The maximum Gasteiger partial charge on any atom is 0.236 e. The zero-order valence-electron chi connectivity index (χ0n) is 10.6. The van der Waals surface area contributed by atoms with Crippen LogP contribution in [0.15, 0.2) is 0 Å². The first-order chi connectivity index (χ1) is 7.71. The lowest BCUT2D eigenvalue weighted by atomic mass is 9.96. The Labute approximate surface area is 98.8 Å². The quantitative estimate of drug-likeness (QED) is 0.745. The van der Waals surface area contributed by atoms with E-state index in [2.05, 4.69) is 18.7 Å².